The molecule has 0 aromatic carbocycles. The Balaban J connectivity index is 2.52. The van der Waals surface area contributed by atoms with Crippen molar-refractivity contribution in [3.8, 4) is 0 Å². The van der Waals surface area contributed by atoms with Gasteiger partial charge in [-0.3, -0.25) is 9.59 Å². The molecule has 9 nitrogen and oxygen atoms in total. The lowest BCUT2D eigenvalue weighted by Crippen LogP contribution is -2.33. The van der Waals surface area contributed by atoms with Gasteiger partial charge in [-0.05, 0) is 78.3 Å². The van der Waals surface area contributed by atoms with Crippen LogP contribution in [0.5, 0.6) is 0 Å². The number of carbonyl (C=O) groups is 2. The lowest BCUT2D eigenvalue weighted by Gasteiger charge is -2.24. The average molecular weight is 830 g/mol. The molecule has 1 aromatic rings. The van der Waals surface area contributed by atoms with Crippen LogP contribution in [-0.4, -0.2) is 79.2 Å². The number of hydrogen-bond donors (Lipinski definition) is 0. The molecule has 0 saturated carbocycles. The largest absolute Gasteiger partial charge is 0.465 e. The summed E-state index contributed by atoms with van der Waals surface area (Å²) in [7, 11) is 2.08. The van der Waals surface area contributed by atoms with Crippen molar-refractivity contribution in [2.75, 3.05) is 46.6 Å². The minimum absolute atomic E-state index is 0.115. The second-order valence-electron chi connectivity index (χ2n) is 16.7. The van der Waals surface area contributed by atoms with Gasteiger partial charge in [-0.25, -0.2) is 4.98 Å². The van der Waals surface area contributed by atoms with Gasteiger partial charge in [-0.15, -0.1) is 0 Å². The number of rotatable bonds is 43. The van der Waals surface area contributed by atoms with Crippen molar-refractivity contribution in [2.45, 2.75) is 214 Å². The first-order chi connectivity index (χ1) is 28.9. The van der Waals surface area contributed by atoms with E-state index in [0.29, 0.717) is 32.6 Å². The van der Waals surface area contributed by atoms with Gasteiger partial charge in [0.25, 0.3) is 0 Å². The predicted octanol–water partition coefficient (Wildman–Crippen LogP) is 12.9. The van der Waals surface area contributed by atoms with Gasteiger partial charge in [0, 0.05) is 57.5 Å². The van der Waals surface area contributed by atoms with Crippen LogP contribution in [0.1, 0.15) is 200 Å². The van der Waals surface area contributed by atoms with Crippen LogP contribution in [-0.2, 0) is 35.1 Å². The SMILES string of the molecule is CCCCC/C=C\C/C=C\CCCCCCCC(=O)OCC(COC(=O)CCC(OCCCCCCCC)OCCCCCCCC)CN(C)CCCn1ccnc1C. The first kappa shape index (κ1) is 54.5. The Bertz CT molecular complexity index is 1140. The average Bonchev–Trinajstić information content (AvgIpc) is 3.64. The topological polar surface area (TPSA) is 92.1 Å². The molecule has 1 rings (SSSR count). The van der Waals surface area contributed by atoms with Crippen LogP contribution in [0.15, 0.2) is 36.7 Å². The molecule has 0 saturated heterocycles. The molecule has 0 aliphatic heterocycles. The van der Waals surface area contributed by atoms with E-state index in [9.17, 15) is 9.59 Å². The van der Waals surface area contributed by atoms with Gasteiger partial charge in [0.2, 0.25) is 0 Å². The van der Waals surface area contributed by atoms with Crippen LogP contribution in [0, 0.1) is 12.8 Å². The fourth-order valence-corrected chi connectivity index (χ4v) is 7.13. The molecule has 0 aliphatic carbocycles. The monoisotopic (exact) mass is 830 g/mol. The number of nitrogens with zero attached hydrogens (tertiary/aromatic N) is 3. The fraction of sp³-hybridized carbons (Fsp3) is 0.820. The summed E-state index contributed by atoms with van der Waals surface area (Å²) in [5.41, 5.74) is 0. The third kappa shape index (κ3) is 34.9. The number of carbonyl (C=O) groups excluding carboxylic acids is 2. The Morgan fingerprint density at radius 1 is 0.661 bits per heavy atom. The number of imidazole rings is 1. The van der Waals surface area contributed by atoms with Crippen LogP contribution in [0.3, 0.4) is 0 Å². The van der Waals surface area contributed by atoms with Gasteiger partial charge in [-0.2, -0.15) is 0 Å². The maximum Gasteiger partial charge on any atom is 0.305 e. The molecule has 0 spiro atoms. The number of aromatic nitrogens is 2. The molecule has 1 heterocycles. The molecule has 0 radical (unpaired) electrons. The van der Waals surface area contributed by atoms with Crippen molar-refractivity contribution in [2.24, 2.45) is 5.92 Å². The molecular weight excluding hydrogens is 739 g/mol. The van der Waals surface area contributed by atoms with Crippen LogP contribution in [0.25, 0.3) is 0 Å². The van der Waals surface area contributed by atoms with Gasteiger partial charge in [0.1, 0.15) is 5.82 Å². The summed E-state index contributed by atoms with van der Waals surface area (Å²) in [6, 6.07) is 0. The lowest BCUT2D eigenvalue weighted by molar-refractivity contribution is -0.161. The number of unbranched alkanes of at least 4 members (excludes halogenated alkanes) is 18. The Morgan fingerprint density at radius 2 is 1.17 bits per heavy atom. The van der Waals surface area contributed by atoms with E-state index in [-0.39, 0.29) is 37.5 Å². The number of allylic oxidation sites excluding steroid dienone is 4. The fourth-order valence-electron chi connectivity index (χ4n) is 7.13. The van der Waals surface area contributed by atoms with Gasteiger partial charge < -0.3 is 28.4 Å². The van der Waals surface area contributed by atoms with Crippen molar-refractivity contribution in [1.82, 2.24) is 14.5 Å². The highest BCUT2D eigenvalue weighted by Gasteiger charge is 2.19. The summed E-state index contributed by atoms with van der Waals surface area (Å²) < 4.78 is 26.1. The quantitative estimate of drug-likeness (QED) is 0.0278. The summed E-state index contributed by atoms with van der Waals surface area (Å²) >= 11 is 0. The van der Waals surface area contributed by atoms with Crippen LogP contribution in [0.2, 0.25) is 0 Å². The van der Waals surface area contributed by atoms with Crippen LogP contribution < -0.4 is 0 Å². The third-order valence-corrected chi connectivity index (χ3v) is 10.9. The molecule has 0 bridgehead atoms. The molecule has 0 fully saturated rings. The predicted molar refractivity (Wildman–Crippen MR) is 246 cm³/mol. The van der Waals surface area contributed by atoms with E-state index in [2.05, 4.69) is 66.6 Å². The van der Waals surface area contributed by atoms with E-state index in [1.807, 2.05) is 19.3 Å². The molecule has 1 aromatic heterocycles. The zero-order valence-corrected chi connectivity index (χ0v) is 39.0. The van der Waals surface area contributed by atoms with Crippen molar-refractivity contribution >= 4 is 11.9 Å². The van der Waals surface area contributed by atoms with E-state index in [1.54, 1.807) is 0 Å². The highest BCUT2D eigenvalue weighted by molar-refractivity contribution is 5.69. The van der Waals surface area contributed by atoms with E-state index >= 15 is 0 Å². The summed E-state index contributed by atoms with van der Waals surface area (Å²) in [5.74, 6) is 0.464. The van der Waals surface area contributed by atoms with E-state index < -0.39 is 6.29 Å². The van der Waals surface area contributed by atoms with E-state index in [1.165, 1.54) is 89.9 Å². The summed E-state index contributed by atoms with van der Waals surface area (Å²) in [6.45, 7) is 12.9. The molecule has 0 aliphatic rings. The standard InChI is InChI=1S/C50H91N3O6/c1-6-9-12-15-18-19-20-21-22-23-24-25-26-27-30-34-48(54)58-44-47(43-52(5)38-33-39-53-40-37-51-46(53)4)45-59-49(55)35-36-50(56-41-31-28-16-13-10-7-2)57-42-32-29-17-14-11-8-3/h18-19,21-22,37,40,47,50H,6-17,20,23-36,38-39,41-45H2,1-5H3/b19-18-,22-21-. The normalized spacial score (nSPS) is 12.5. The smallest absolute Gasteiger partial charge is 0.305 e. The first-order valence-electron chi connectivity index (χ1n) is 24.4. The Morgan fingerprint density at radius 3 is 1.75 bits per heavy atom. The molecule has 342 valence electrons. The Kier molecular flexibility index (Phi) is 37.8. The second kappa shape index (κ2) is 40.9. The maximum absolute atomic E-state index is 13.1. The van der Waals surface area contributed by atoms with E-state index in [4.69, 9.17) is 18.9 Å². The highest BCUT2D eigenvalue weighted by Crippen LogP contribution is 2.14. The van der Waals surface area contributed by atoms with Crippen LogP contribution in [0.4, 0.5) is 0 Å². The third-order valence-electron chi connectivity index (χ3n) is 10.9. The van der Waals surface area contributed by atoms with Gasteiger partial charge >= 0.3 is 11.9 Å². The molecule has 1 unspecified atom stereocenters. The number of hydrogen-bond acceptors (Lipinski definition) is 8. The Hall–Kier alpha value is -2.49. The van der Waals surface area contributed by atoms with Gasteiger partial charge in [-0.1, -0.05) is 141 Å². The molecule has 0 amide bonds. The van der Waals surface area contributed by atoms with Crippen molar-refractivity contribution in [3.63, 3.8) is 0 Å². The van der Waals surface area contributed by atoms with Crippen molar-refractivity contribution in [1.29, 1.82) is 0 Å². The molecule has 0 N–H and O–H groups in total. The minimum atomic E-state index is -0.398. The highest BCUT2D eigenvalue weighted by atomic mass is 16.7. The number of esters is 2. The minimum Gasteiger partial charge on any atom is -0.465 e. The molecular formula is C50H91N3O6. The number of aryl methyl sites for hydroxylation is 2. The van der Waals surface area contributed by atoms with Crippen molar-refractivity contribution < 1.29 is 28.5 Å². The zero-order valence-electron chi connectivity index (χ0n) is 39.0. The maximum atomic E-state index is 13.1. The van der Waals surface area contributed by atoms with Gasteiger partial charge in [0.15, 0.2) is 6.29 Å². The van der Waals surface area contributed by atoms with Gasteiger partial charge in [0.05, 0.1) is 19.6 Å². The van der Waals surface area contributed by atoms with E-state index in [0.717, 1.165) is 83.1 Å². The van der Waals surface area contributed by atoms with Crippen molar-refractivity contribution in [3.05, 3.63) is 42.5 Å². The summed E-state index contributed by atoms with van der Waals surface area (Å²) in [5, 5.41) is 0. The number of ether oxygens (including phenoxy) is 4. The molecule has 59 heavy (non-hydrogen) atoms. The zero-order chi connectivity index (χ0) is 42.9. The lowest BCUT2D eigenvalue weighted by atomic mass is 10.1. The van der Waals surface area contributed by atoms with Crippen LogP contribution >= 0.6 is 0 Å². The first-order valence-corrected chi connectivity index (χ1v) is 24.4. The Labute approximate surface area is 362 Å². The summed E-state index contributed by atoms with van der Waals surface area (Å²) in [4.78, 5) is 32.4. The summed E-state index contributed by atoms with van der Waals surface area (Å²) in [6.07, 6.45) is 41.8. The molecule has 1 atom stereocenters. The second-order valence-corrected chi connectivity index (χ2v) is 16.7. The molecule has 9 heteroatoms.